The number of nitrogens with zero attached hydrogens (tertiary/aromatic N) is 3. The van der Waals surface area contributed by atoms with Crippen LogP contribution in [0.15, 0.2) is 30.6 Å². The topological polar surface area (TPSA) is 73.0 Å². The van der Waals surface area contributed by atoms with Gasteiger partial charge in [0.1, 0.15) is 5.82 Å². The van der Waals surface area contributed by atoms with Gasteiger partial charge in [0.05, 0.1) is 22.2 Å². The summed E-state index contributed by atoms with van der Waals surface area (Å²) in [6.45, 7) is 3.38. The van der Waals surface area contributed by atoms with E-state index in [1.165, 1.54) is 12.1 Å². The molecule has 0 spiro atoms. The van der Waals surface area contributed by atoms with E-state index >= 15 is 0 Å². The van der Waals surface area contributed by atoms with Gasteiger partial charge < -0.3 is 9.88 Å². The van der Waals surface area contributed by atoms with Gasteiger partial charge >= 0.3 is 0 Å². The minimum absolute atomic E-state index is 0.0226. The van der Waals surface area contributed by atoms with Crippen LogP contribution in [-0.4, -0.2) is 14.5 Å². The molecular weight excluding hydrogens is 268 g/mol. The Kier molecular flexibility index (Phi) is 4.01. The number of anilines is 1. The van der Waals surface area contributed by atoms with Gasteiger partial charge in [-0.3, -0.25) is 10.1 Å². The molecule has 2 aromatic rings. The largest absolute Gasteiger partial charge is 0.377 e. The van der Waals surface area contributed by atoms with E-state index in [1.54, 1.807) is 12.3 Å². The lowest BCUT2D eigenvalue weighted by atomic mass is 10.3. The van der Waals surface area contributed by atoms with Crippen LogP contribution in [0.1, 0.15) is 12.7 Å². The molecule has 0 atom stereocenters. The number of rotatable bonds is 5. The van der Waals surface area contributed by atoms with Gasteiger partial charge in [-0.05, 0) is 13.0 Å². The molecular formula is C12H13ClN4O2. The van der Waals surface area contributed by atoms with Gasteiger partial charge in [0.25, 0.3) is 5.69 Å². The standard InChI is InChI=1S/C12H13ClN4O2/c1-2-16-6-5-14-12(16)8-15-11-4-3-9(17(18)19)7-10(11)13/h3-7,15H,2,8H2,1H3. The molecule has 0 aliphatic heterocycles. The highest BCUT2D eigenvalue weighted by molar-refractivity contribution is 6.33. The first-order chi connectivity index (χ1) is 9.11. The van der Waals surface area contributed by atoms with Crippen molar-refractivity contribution in [2.45, 2.75) is 20.0 Å². The lowest BCUT2D eigenvalue weighted by molar-refractivity contribution is -0.384. The van der Waals surface area contributed by atoms with E-state index in [0.717, 1.165) is 12.4 Å². The Labute approximate surface area is 115 Å². The molecule has 0 saturated heterocycles. The first-order valence-corrected chi connectivity index (χ1v) is 6.17. The van der Waals surface area contributed by atoms with Crippen molar-refractivity contribution in [3.63, 3.8) is 0 Å². The Hall–Kier alpha value is -2.08. The zero-order valence-corrected chi connectivity index (χ0v) is 11.1. The van der Waals surface area contributed by atoms with E-state index in [1.807, 2.05) is 17.7 Å². The SMILES string of the molecule is CCn1ccnc1CNc1ccc([N+](=O)[O-])cc1Cl. The molecule has 1 N–H and O–H groups in total. The van der Waals surface area contributed by atoms with Crippen molar-refractivity contribution in [1.29, 1.82) is 0 Å². The van der Waals surface area contributed by atoms with Crippen molar-refractivity contribution >= 4 is 23.0 Å². The molecule has 0 unspecified atom stereocenters. The Morgan fingerprint density at radius 1 is 1.53 bits per heavy atom. The zero-order chi connectivity index (χ0) is 13.8. The number of imidazole rings is 1. The predicted octanol–water partition coefficient (Wildman–Crippen LogP) is 3.08. The van der Waals surface area contributed by atoms with Crippen LogP contribution in [0.4, 0.5) is 11.4 Å². The zero-order valence-electron chi connectivity index (χ0n) is 10.3. The van der Waals surface area contributed by atoms with Crippen molar-refractivity contribution < 1.29 is 4.92 Å². The molecule has 7 heteroatoms. The van der Waals surface area contributed by atoms with Crippen LogP contribution in [0, 0.1) is 10.1 Å². The summed E-state index contributed by atoms with van der Waals surface area (Å²) in [6.07, 6.45) is 3.63. The molecule has 6 nitrogen and oxygen atoms in total. The normalized spacial score (nSPS) is 10.4. The number of nitro benzene ring substituents is 1. The van der Waals surface area contributed by atoms with E-state index in [-0.39, 0.29) is 5.69 Å². The molecule has 0 saturated carbocycles. The molecule has 2 rings (SSSR count). The fourth-order valence-corrected chi connectivity index (χ4v) is 1.97. The fourth-order valence-electron chi connectivity index (χ4n) is 1.73. The Bertz CT molecular complexity index is 597. The van der Waals surface area contributed by atoms with E-state index in [4.69, 9.17) is 11.6 Å². The first-order valence-electron chi connectivity index (χ1n) is 5.79. The molecule has 0 amide bonds. The van der Waals surface area contributed by atoms with E-state index in [2.05, 4.69) is 10.3 Å². The van der Waals surface area contributed by atoms with Crippen molar-refractivity contribution in [3.8, 4) is 0 Å². The maximum atomic E-state index is 10.6. The van der Waals surface area contributed by atoms with Gasteiger partial charge in [-0.1, -0.05) is 11.6 Å². The Balaban J connectivity index is 2.10. The quantitative estimate of drug-likeness (QED) is 0.675. The van der Waals surface area contributed by atoms with Crippen LogP contribution in [0.25, 0.3) is 0 Å². The van der Waals surface area contributed by atoms with Crippen molar-refractivity contribution in [2.24, 2.45) is 0 Å². The van der Waals surface area contributed by atoms with Gasteiger partial charge in [0.15, 0.2) is 0 Å². The molecule has 0 fully saturated rings. The molecule has 0 bridgehead atoms. The average molecular weight is 281 g/mol. The Morgan fingerprint density at radius 2 is 2.32 bits per heavy atom. The third-order valence-corrected chi connectivity index (χ3v) is 3.06. The molecule has 1 heterocycles. The second kappa shape index (κ2) is 5.71. The lowest BCUT2D eigenvalue weighted by Gasteiger charge is -2.09. The Morgan fingerprint density at radius 3 is 2.95 bits per heavy atom. The smallest absolute Gasteiger partial charge is 0.271 e. The summed E-state index contributed by atoms with van der Waals surface area (Å²) in [6, 6.07) is 4.34. The maximum absolute atomic E-state index is 10.6. The third-order valence-electron chi connectivity index (χ3n) is 2.74. The van der Waals surface area contributed by atoms with Gasteiger partial charge in [0, 0.05) is 31.1 Å². The van der Waals surface area contributed by atoms with Gasteiger partial charge in [0.2, 0.25) is 0 Å². The lowest BCUT2D eigenvalue weighted by Crippen LogP contribution is -2.07. The third kappa shape index (κ3) is 3.03. The van der Waals surface area contributed by atoms with Crippen molar-refractivity contribution in [1.82, 2.24) is 9.55 Å². The summed E-state index contributed by atoms with van der Waals surface area (Å²) in [4.78, 5) is 14.4. The predicted molar refractivity (Wildman–Crippen MR) is 73.3 cm³/mol. The van der Waals surface area contributed by atoms with Crippen LogP contribution in [0.5, 0.6) is 0 Å². The summed E-state index contributed by atoms with van der Waals surface area (Å²) in [7, 11) is 0. The summed E-state index contributed by atoms with van der Waals surface area (Å²) in [5.74, 6) is 0.886. The van der Waals surface area contributed by atoms with Crippen LogP contribution in [0.2, 0.25) is 5.02 Å². The molecule has 0 aliphatic rings. The van der Waals surface area contributed by atoms with Gasteiger partial charge in [-0.25, -0.2) is 4.98 Å². The number of non-ortho nitro benzene ring substituents is 1. The van der Waals surface area contributed by atoms with Crippen LogP contribution in [-0.2, 0) is 13.1 Å². The second-order valence-corrected chi connectivity index (χ2v) is 4.31. The van der Waals surface area contributed by atoms with E-state index < -0.39 is 4.92 Å². The fraction of sp³-hybridized carbons (Fsp3) is 0.250. The van der Waals surface area contributed by atoms with E-state index in [9.17, 15) is 10.1 Å². The number of hydrogen-bond donors (Lipinski definition) is 1. The van der Waals surface area contributed by atoms with Gasteiger partial charge in [-0.15, -0.1) is 0 Å². The molecule has 19 heavy (non-hydrogen) atoms. The van der Waals surface area contributed by atoms with E-state index in [0.29, 0.717) is 17.3 Å². The summed E-state index contributed by atoms with van der Waals surface area (Å²) in [5.41, 5.74) is 0.628. The number of aryl methyl sites for hydroxylation is 1. The minimum Gasteiger partial charge on any atom is -0.377 e. The monoisotopic (exact) mass is 280 g/mol. The van der Waals surface area contributed by atoms with Gasteiger partial charge in [-0.2, -0.15) is 0 Å². The van der Waals surface area contributed by atoms with Crippen LogP contribution in [0.3, 0.4) is 0 Å². The second-order valence-electron chi connectivity index (χ2n) is 3.90. The first kappa shape index (κ1) is 13.4. The molecule has 1 aromatic heterocycles. The number of nitrogens with one attached hydrogen (secondary N) is 1. The molecule has 100 valence electrons. The molecule has 0 radical (unpaired) electrons. The molecule has 0 aliphatic carbocycles. The van der Waals surface area contributed by atoms with Crippen molar-refractivity contribution in [3.05, 3.63) is 51.6 Å². The minimum atomic E-state index is -0.473. The number of halogens is 1. The number of hydrogen-bond acceptors (Lipinski definition) is 4. The number of aromatic nitrogens is 2. The highest BCUT2D eigenvalue weighted by Crippen LogP contribution is 2.26. The number of benzene rings is 1. The summed E-state index contributed by atoms with van der Waals surface area (Å²) < 4.78 is 2.01. The van der Waals surface area contributed by atoms with Crippen molar-refractivity contribution in [2.75, 3.05) is 5.32 Å². The highest BCUT2D eigenvalue weighted by Gasteiger charge is 2.09. The summed E-state index contributed by atoms with van der Waals surface area (Å²) in [5, 5.41) is 14.0. The maximum Gasteiger partial charge on any atom is 0.271 e. The highest BCUT2D eigenvalue weighted by atomic mass is 35.5. The van der Waals surface area contributed by atoms with Crippen LogP contribution >= 0.6 is 11.6 Å². The number of nitro groups is 1. The molecule has 1 aromatic carbocycles. The van der Waals surface area contributed by atoms with Crippen LogP contribution < -0.4 is 5.32 Å². The average Bonchev–Trinajstić information content (AvgIpc) is 2.84. The summed E-state index contributed by atoms with van der Waals surface area (Å²) >= 11 is 5.99.